The normalized spacial score (nSPS) is 19.0. The minimum absolute atomic E-state index is 0.138. The summed E-state index contributed by atoms with van der Waals surface area (Å²) in [5.74, 6) is -0.624. The first-order valence-corrected chi connectivity index (χ1v) is 7.21. The second kappa shape index (κ2) is 7.19. The van der Waals surface area contributed by atoms with Crippen molar-refractivity contribution in [3.63, 3.8) is 0 Å². The van der Waals surface area contributed by atoms with E-state index in [0.29, 0.717) is 30.8 Å². The summed E-state index contributed by atoms with van der Waals surface area (Å²) in [5, 5.41) is 8.89. The zero-order chi connectivity index (χ0) is 15.2. The molecule has 0 radical (unpaired) electrons. The lowest BCUT2D eigenvalue weighted by Crippen LogP contribution is -2.39. The predicted octanol–water partition coefficient (Wildman–Crippen LogP) is 2.47. The first-order chi connectivity index (χ1) is 10.1. The second-order valence-corrected chi connectivity index (χ2v) is 5.24. The quantitative estimate of drug-likeness (QED) is 0.799. The highest BCUT2D eigenvalue weighted by Gasteiger charge is 2.27. The van der Waals surface area contributed by atoms with E-state index in [1.807, 2.05) is 11.0 Å². The molecule has 1 unspecified atom stereocenters. The van der Waals surface area contributed by atoms with E-state index in [-0.39, 0.29) is 17.7 Å². The van der Waals surface area contributed by atoms with Gasteiger partial charge in [0.05, 0.1) is 24.2 Å². The van der Waals surface area contributed by atoms with Gasteiger partial charge in [-0.3, -0.25) is 9.69 Å². The maximum absolute atomic E-state index is 13.8. The Bertz CT molecular complexity index is 554. The molecule has 1 fully saturated rings. The maximum atomic E-state index is 13.8. The lowest BCUT2D eigenvalue weighted by atomic mass is 9.97. The van der Waals surface area contributed by atoms with E-state index in [4.69, 9.17) is 10.00 Å². The van der Waals surface area contributed by atoms with Crippen LogP contribution < -0.4 is 0 Å². The molecule has 0 saturated carbocycles. The maximum Gasteiger partial charge on any atom is 0.310 e. The summed E-state index contributed by atoms with van der Waals surface area (Å²) in [6, 6.07) is 6.38. The number of hydrogen-bond donors (Lipinski definition) is 0. The Kier molecular flexibility index (Phi) is 5.29. The van der Waals surface area contributed by atoms with Crippen LogP contribution in [0.1, 0.15) is 30.9 Å². The number of likely N-dealkylation sites (tertiary alicyclic amines) is 1. The summed E-state index contributed by atoms with van der Waals surface area (Å²) < 4.78 is 18.9. The highest BCUT2D eigenvalue weighted by molar-refractivity contribution is 5.72. The van der Waals surface area contributed by atoms with Gasteiger partial charge in [-0.05, 0) is 44.5 Å². The molecule has 0 amide bonds. The number of carbonyl (C=O) groups excluding carboxylic acids is 1. The Morgan fingerprint density at radius 3 is 3.10 bits per heavy atom. The molecular weight excluding hydrogens is 271 g/mol. The minimum atomic E-state index is -0.313. The van der Waals surface area contributed by atoms with Crippen molar-refractivity contribution in [2.75, 3.05) is 19.7 Å². The van der Waals surface area contributed by atoms with Gasteiger partial charge in [0.1, 0.15) is 5.82 Å². The monoisotopic (exact) mass is 290 g/mol. The number of halogens is 1. The summed E-state index contributed by atoms with van der Waals surface area (Å²) in [6.07, 6.45) is 1.71. The molecule has 4 nitrogen and oxygen atoms in total. The topological polar surface area (TPSA) is 53.3 Å². The summed E-state index contributed by atoms with van der Waals surface area (Å²) >= 11 is 0. The van der Waals surface area contributed by atoms with Crippen LogP contribution in [0.5, 0.6) is 0 Å². The number of ether oxygens (including phenoxy) is 1. The van der Waals surface area contributed by atoms with E-state index in [0.717, 1.165) is 19.4 Å². The highest BCUT2D eigenvalue weighted by atomic mass is 19.1. The van der Waals surface area contributed by atoms with Crippen LogP contribution in [0.15, 0.2) is 18.2 Å². The number of nitrogens with zero attached hydrogens (tertiary/aromatic N) is 2. The molecule has 1 aromatic rings. The van der Waals surface area contributed by atoms with E-state index in [1.165, 1.54) is 12.1 Å². The SMILES string of the molecule is CCOC(=O)C1CCCN(Cc2cc(C#N)ccc2F)C1. The number of benzene rings is 1. The van der Waals surface area contributed by atoms with Crippen LogP contribution in [-0.4, -0.2) is 30.6 Å². The van der Waals surface area contributed by atoms with Crippen molar-refractivity contribution >= 4 is 5.97 Å². The molecule has 1 aromatic carbocycles. The van der Waals surface area contributed by atoms with Crippen molar-refractivity contribution < 1.29 is 13.9 Å². The van der Waals surface area contributed by atoms with Gasteiger partial charge in [0.2, 0.25) is 0 Å². The van der Waals surface area contributed by atoms with E-state index in [1.54, 1.807) is 13.0 Å². The zero-order valence-corrected chi connectivity index (χ0v) is 12.1. The predicted molar refractivity (Wildman–Crippen MR) is 75.7 cm³/mol. The van der Waals surface area contributed by atoms with Crippen LogP contribution in [0, 0.1) is 23.1 Å². The molecule has 1 atom stereocenters. The molecule has 2 rings (SSSR count). The fourth-order valence-electron chi connectivity index (χ4n) is 2.66. The standard InChI is InChI=1S/C16H19FN2O2/c1-2-21-16(20)13-4-3-7-19(10-13)11-14-8-12(9-18)5-6-15(14)17/h5-6,8,13H,2-4,7,10-11H2,1H3. The van der Waals surface area contributed by atoms with Crippen LogP contribution >= 0.6 is 0 Å². The molecule has 1 heterocycles. The molecular formula is C16H19FN2O2. The fraction of sp³-hybridized carbons (Fsp3) is 0.500. The Balaban J connectivity index is 2.03. The van der Waals surface area contributed by atoms with Crippen LogP contribution in [-0.2, 0) is 16.1 Å². The second-order valence-electron chi connectivity index (χ2n) is 5.24. The average Bonchev–Trinajstić information content (AvgIpc) is 2.50. The van der Waals surface area contributed by atoms with Gasteiger partial charge in [0.25, 0.3) is 0 Å². The number of esters is 1. The molecule has 112 valence electrons. The van der Waals surface area contributed by atoms with Crippen LogP contribution in [0.25, 0.3) is 0 Å². The number of nitriles is 1. The van der Waals surface area contributed by atoms with Gasteiger partial charge in [-0.2, -0.15) is 5.26 Å². The Morgan fingerprint density at radius 1 is 1.57 bits per heavy atom. The van der Waals surface area contributed by atoms with Crippen molar-refractivity contribution in [1.82, 2.24) is 4.90 Å². The van der Waals surface area contributed by atoms with Crippen molar-refractivity contribution in [1.29, 1.82) is 5.26 Å². The Labute approximate surface area is 124 Å². The van der Waals surface area contributed by atoms with Gasteiger partial charge >= 0.3 is 5.97 Å². The van der Waals surface area contributed by atoms with E-state index >= 15 is 0 Å². The first kappa shape index (κ1) is 15.5. The summed E-state index contributed by atoms with van der Waals surface area (Å²) in [6.45, 7) is 3.99. The number of piperidine rings is 1. The number of rotatable bonds is 4. The van der Waals surface area contributed by atoms with Crippen LogP contribution in [0.2, 0.25) is 0 Å². The molecule has 21 heavy (non-hydrogen) atoms. The summed E-state index contributed by atoms with van der Waals surface area (Å²) in [5.41, 5.74) is 0.948. The van der Waals surface area contributed by atoms with Crippen molar-refractivity contribution in [3.05, 3.63) is 35.1 Å². The van der Waals surface area contributed by atoms with Gasteiger partial charge in [-0.1, -0.05) is 0 Å². The average molecular weight is 290 g/mol. The van der Waals surface area contributed by atoms with Gasteiger partial charge in [0, 0.05) is 18.7 Å². The number of carbonyl (C=O) groups is 1. The molecule has 0 spiro atoms. The lowest BCUT2D eigenvalue weighted by molar-refractivity contribution is -0.150. The largest absolute Gasteiger partial charge is 0.466 e. The summed E-state index contributed by atoms with van der Waals surface area (Å²) in [7, 11) is 0. The van der Waals surface area contributed by atoms with Crippen LogP contribution in [0.4, 0.5) is 4.39 Å². The molecule has 1 aliphatic rings. The zero-order valence-electron chi connectivity index (χ0n) is 12.1. The number of hydrogen-bond acceptors (Lipinski definition) is 4. The van der Waals surface area contributed by atoms with Gasteiger partial charge < -0.3 is 4.74 Å². The third-order valence-corrected chi connectivity index (χ3v) is 3.69. The van der Waals surface area contributed by atoms with E-state index in [2.05, 4.69) is 0 Å². The molecule has 1 aliphatic heterocycles. The summed E-state index contributed by atoms with van der Waals surface area (Å²) in [4.78, 5) is 13.8. The molecule has 0 aromatic heterocycles. The Morgan fingerprint density at radius 2 is 2.38 bits per heavy atom. The fourth-order valence-corrected chi connectivity index (χ4v) is 2.66. The van der Waals surface area contributed by atoms with E-state index < -0.39 is 0 Å². The van der Waals surface area contributed by atoms with Crippen LogP contribution in [0.3, 0.4) is 0 Å². The Hall–Kier alpha value is -1.93. The first-order valence-electron chi connectivity index (χ1n) is 7.21. The smallest absolute Gasteiger partial charge is 0.310 e. The van der Waals surface area contributed by atoms with Gasteiger partial charge in [-0.15, -0.1) is 0 Å². The molecule has 0 aliphatic carbocycles. The molecule has 0 bridgehead atoms. The van der Waals surface area contributed by atoms with Gasteiger partial charge in [0.15, 0.2) is 0 Å². The van der Waals surface area contributed by atoms with Crippen molar-refractivity contribution in [2.45, 2.75) is 26.3 Å². The van der Waals surface area contributed by atoms with Crippen molar-refractivity contribution in [3.8, 4) is 6.07 Å². The minimum Gasteiger partial charge on any atom is -0.466 e. The highest BCUT2D eigenvalue weighted by Crippen LogP contribution is 2.21. The van der Waals surface area contributed by atoms with Gasteiger partial charge in [-0.25, -0.2) is 4.39 Å². The van der Waals surface area contributed by atoms with Crippen molar-refractivity contribution in [2.24, 2.45) is 5.92 Å². The molecule has 1 saturated heterocycles. The molecule has 0 N–H and O–H groups in total. The third-order valence-electron chi connectivity index (χ3n) is 3.69. The third kappa shape index (κ3) is 4.02. The molecule has 5 heteroatoms. The van der Waals surface area contributed by atoms with E-state index in [9.17, 15) is 9.18 Å². The lowest BCUT2D eigenvalue weighted by Gasteiger charge is -2.31.